The highest BCUT2D eigenvalue weighted by atomic mass is 19.4. The van der Waals surface area contributed by atoms with Crippen LogP contribution < -0.4 is 10.5 Å². The fourth-order valence-electron chi connectivity index (χ4n) is 5.37. The number of nitrogens with zero attached hydrogens (tertiary/aromatic N) is 2. The number of benzene rings is 2. The molecule has 0 saturated heterocycles. The minimum absolute atomic E-state index is 0.0316. The lowest BCUT2D eigenvalue weighted by Crippen LogP contribution is -2.41. The van der Waals surface area contributed by atoms with Crippen LogP contribution in [-0.2, 0) is 19.3 Å². The minimum atomic E-state index is -4.87. The van der Waals surface area contributed by atoms with Gasteiger partial charge in [-0.05, 0) is 43.9 Å². The number of imidazole rings is 1. The first-order valence-corrected chi connectivity index (χ1v) is 11.5. The van der Waals surface area contributed by atoms with Crippen molar-refractivity contribution in [2.75, 3.05) is 0 Å². The first kappa shape index (κ1) is 24.5. The predicted molar refractivity (Wildman–Crippen MR) is 119 cm³/mol. The number of hydrogen-bond acceptors (Lipinski definition) is 3. The number of primary amides is 1. The van der Waals surface area contributed by atoms with E-state index in [0.717, 1.165) is 31.0 Å². The highest BCUT2D eigenvalue weighted by molar-refractivity contribution is 6.01. The van der Waals surface area contributed by atoms with E-state index in [1.54, 1.807) is 0 Å². The summed E-state index contributed by atoms with van der Waals surface area (Å²) in [5.74, 6) is -3.97. The third-order valence-electron chi connectivity index (χ3n) is 7.37. The Labute approximate surface area is 202 Å². The van der Waals surface area contributed by atoms with Crippen molar-refractivity contribution in [2.24, 2.45) is 5.73 Å². The SMILES string of the molecule is CC(c1nc2c3c(c(C(N)=O)cc2n1C(C)C(F)(F)F)CCC1(Cc2ccccc2C1)O3)C(F)(F)F. The van der Waals surface area contributed by atoms with Gasteiger partial charge in [-0.3, -0.25) is 4.79 Å². The molecule has 2 heterocycles. The zero-order valence-electron chi connectivity index (χ0n) is 19.4. The van der Waals surface area contributed by atoms with Gasteiger partial charge in [-0.1, -0.05) is 24.3 Å². The van der Waals surface area contributed by atoms with Gasteiger partial charge in [-0.25, -0.2) is 4.98 Å². The van der Waals surface area contributed by atoms with Crippen LogP contribution in [0.1, 0.15) is 65.1 Å². The number of amides is 1. The fraction of sp³-hybridized carbons (Fsp3) is 0.440. The Hall–Kier alpha value is -3.24. The first-order chi connectivity index (χ1) is 16.7. The van der Waals surface area contributed by atoms with E-state index in [2.05, 4.69) is 4.98 Å². The van der Waals surface area contributed by atoms with E-state index >= 15 is 0 Å². The van der Waals surface area contributed by atoms with Gasteiger partial charge < -0.3 is 15.0 Å². The summed E-state index contributed by atoms with van der Waals surface area (Å²) in [6, 6.07) is 6.48. The minimum Gasteiger partial charge on any atom is -0.484 e. The molecule has 0 saturated carbocycles. The van der Waals surface area contributed by atoms with Gasteiger partial charge in [0.2, 0.25) is 5.91 Å². The Kier molecular flexibility index (Phi) is 5.35. The molecule has 1 aromatic heterocycles. The number of hydrogen-bond donors (Lipinski definition) is 1. The summed E-state index contributed by atoms with van der Waals surface area (Å²) >= 11 is 0. The van der Waals surface area contributed by atoms with Crippen LogP contribution in [0.5, 0.6) is 5.75 Å². The Balaban J connectivity index is 1.76. The van der Waals surface area contributed by atoms with Crippen LogP contribution in [0.3, 0.4) is 0 Å². The Morgan fingerprint density at radius 2 is 1.69 bits per heavy atom. The molecular weight excluding hydrogens is 488 g/mol. The number of rotatable bonds is 3. The lowest BCUT2D eigenvalue weighted by Gasteiger charge is -2.36. The van der Waals surface area contributed by atoms with Crippen molar-refractivity contribution in [3.8, 4) is 5.75 Å². The molecule has 5 rings (SSSR count). The summed E-state index contributed by atoms with van der Waals surface area (Å²) in [5.41, 5.74) is 6.82. The van der Waals surface area contributed by atoms with E-state index in [9.17, 15) is 31.1 Å². The molecule has 1 aliphatic heterocycles. The summed E-state index contributed by atoms with van der Waals surface area (Å²) in [6.45, 7) is 1.52. The van der Waals surface area contributed by atoms with Crippen LogP contribution in [0.25, 0.3) is 11.0 Å². The molecule has 3 aromatic rings. The molecule has 2 atom stereocenters. The van der Waals surface area contributed by atoms with Gasteiger partial charge in [0, 0.05) is 24.0 Å². The quantitative estimate of drug-likeness (QED) is 0.453. The van der Waals surface area contributed by atoms with Crippen LogP contribution in [0, 0.1) is 0 Å². The van der Waals surface area contributed by atoms with Crippen LogP contribution >= 0.6 is 0 Å². The second-order valence-electron chi connectivity index (χ2n) is 9.69. The van der Waals surface area contributed by atoms with E-state index in [1.807, 2.05) is 24.3 Å². The normalized spacial score (nSPS) is 18.6. The Bertz CT molecular complexity index is 1350. The summed E-state index contributed by atoms with van der Waals surface area (Å²) in [4.78, 5) is 16.4. The van der Waals surface area contributed by atoms with E-state index < -0.39 is 41.6 Å². The van der Waals surface area contributed by atoms with Crippen molar-refractivity contribution < 1.29 is 35.9 Å². The Morgan fingerprint density at radius 3 is 2.22 bits per heavy atom. The molecule has 1 spiro atoms. The molecule has 5 nitrogen and oxygen atoms in total. The summed E-state index contributed by atoms with van der Waals surface area (Å²) in [7, 11) is 0. The molecule has 36 heavy (non-hydrogen) atoms. The molecule has 192 valence electrons. The lowest BCUT2D eigenvalue weighted by atomic mass is 9.86. The van der Waals surface area contributed by atoms with Crippen LogP contribution in [0.4, 0.5) is 26.3 Å². The van der Waals surface area contributed by atoms with Gasteiger partial charge >= 0.3 is 12.4 Å². The number of nitrogens with two attached hydrogens (primary N) is 1. The molecule has 2 aliphatic rings. The van der Waals surface area contributed by atoms with E-state index in [1.165, 1.54) is 0 Å². The number of carbonyl (C=O) groups is 1. The van der Waals surface area contributed by atoms with E-state index in [-0.39, 0.29) is 22.3 Å². The zero-order valence-corrected chi connectivity index (χ0v) is 19.4. The highest BCUT2D eigenvalue weighted by Gasteiger charge is 2.47. The van der Waals surface area contributed by atoms with Gasteiger partial charge in [-0.2, -0.15) is 26.3 Å². The summed E-state index contributed by atoms with van der Waals surface area (Å²) in [6.07, 6.45) is -7.83. The van der Waals surface area contributed by atoms with Crippen molar-refractivity contribution >= 4 is 16.9 Å². The topological polar surface area (TPSA) is 70.1 Å². The molecule has 1 amide bonds. The third kappa shape index (κ3) is 3.79. The molecule has 2 N–H and O–H groups in total. The number of halogens is 6. The first-order valence-electron chi connectivity index (χ1n) is 11.5. The van der Waals surface area contributed by atoms with Gasteiger partial charge in [0.05, 0.1) is 5.52 Å². The average molecular weight is 511 g/mol. The average Bonchev–Trinajstić information content (AvgIpc) is 3.33. The smallest absolute Gasteiger partial charge is 0.408 e. The van der Waals surface area contributed by atoms with Crippen molar-refractivity contribution in [2.45, 2.75) is 69.4 Å². The van der Waals surface area contributed by atoms with Crippen molar-refractivity contribution in [3.63, 3.8) is 0 Å². The summed E-state index contributed by atoms with van der Waals surface area (Å²) in [5, 5.41) is 0. The van der Waals surface area contributed by atoms with E-state index in [4.69, 9.17) is 10.5 Å². The third-order valence-corrected chi connectivity index (χ3v) is 7.37. The second-order valence-corrected chi connectivity index (χ2v) is 9.69. The maximum absolute atomic E-state index is 13.8. The highest BCUT2D eigenvalue weighted by Crippen LogP contribution is 2.48. The molecule has 0 radical (unpaired) electrons. The molecule has 11 heteroatoms. The van der Waals surface area contributed by atoms with Gasteiger partial charge in [-0.15, -0.1) is 0 Å². The molecule has 2 aromatic carbocycles. The van der Waals surface area contributed by atoms with Gasteiger partial charge in [0.15, 0.2) is 5.75 Å². The van der Waals surface area contributed by atoms with Crippen molar-refractivity contribution in [3.05, 3.63) is 58.4 Å². The largest absolute Gasteiger partial charge is 0.484 e. The van der Waals surface area contributed by atoms with Gasteiger partial charge in [0.25, 0.3) is 0 Å². The number of aromatic nitrogens is 2. The number of fused-ring (bicyclic) bond motifs is 4. The maximum Gasteiger partial charge on any atom is 0.408 e. The number of carbonyl (C=O) groups excluding carboxylic acids is 1. The van der Waals surface area contributed by atoms with Crippen LogP contribution in [0.2, 0.25) is 0 Å². The fourth-order valence-corrected chi connectivity index (χ4v) is 5.37. The van der Waals surface area contributed by atoms with Gasteiger partial charge in [0.1, 0.15) is 28.9 Å². The predicted octanol–water partition coefficient (Wildman–Crippen LogP) is 5.79. The molecule has 2 unspecified atom stereocenters. The van der Waals surface area contributed by atoms with Crippen molar-refractivity contribution in [1.29, 1.82) is 0 Å². The molecule has 1 aliphatic carbocycles. The second kappa shape index (κ2) is 7.88. The lowest BCUT2D eigenvalue weighted by molar-refractivity contribution is -0.167. The number of ether oxygens (including phenoxy) is 1. The molecule has 0 fully saturated rings. The zero-order chi connectivity index (χ0) is 26.2. The Morgan fingerprint density at radius 1 is 1.08 bits per heavy atom. The maximum atomic E-state index is 13.8. The molecule has 0 bridgehead atoms. The van der Waals surface area contributed by atoms with Crippen LogP contribution in [-0.4, -0.2) is 33.4 Å². The molecular formula is C25H23F6N3O2. The summed E-state index contributed by atoms with van der Waals surface area (Å²) < 4.78 is 89.5. The standard InChI is InChI=1S/C25H23F6N3O2/c1-12(24(26,27)28)22-33-19-18(34(22)13(2)25(29,30)31)9-17(21(32)35)16-7-8-23(36-20(16)19)10-14-5-3-4-6-15(14)11-23/h3-6,9,12-13H,7-8,10-11H2,1-2H3,(H2,32,35). The monoisotopic (exact) mass is 511 g/mol. The number of alkyl halides is 6. The van der Waals surface area contributed by atoms with Crippen molar-refractivity contribution in [1.82, 2.24) is 9.55 Å². The van der Waals surface area contributed by atoms with E-state index in [0.29, 0.717) is 35.8 Å². The van der Waals surface area contributed by atoms with Crippen LogP contribution in [0.15, 0.2) is 30.3 Å².